The molecule has 1 aromatic carbocycles. The Balaban J connectivity index is 1.99. The highest BCUT2D eigenvalue weighted by molar-refractivity contribution is 5.65. The highest BCUT2D eigenvalue weighted by Crippen LogP contribution is 2.17. The molecule has 0 radical (unpaired) electrons. The van der Waals surface area contributed by atoms with E-state index in [1.54, 1.807) is 0 Å². The van der Waals surface area contributed by atoms with E-state index in [0.717, 1.165) is 24.5 Å². The van der Waals surface area contributed by atoms with Crippen molar-refractivity contribution in [2.24, 2.45) is 0 Å². The van der Waals surface area contributed by atoms with Gasteiger partial charge in [-0.25, -0.2) is 4.79 Å². The van der Waals surface area contributed by atoms with Crippen LogP contribution in [0.2, 0.25) is 0 Å². The molecule has 0 unspecified atom stereocenters. The van der Waals surface area contributed by atoms with Crippen molar-refractivity contribution >= 4 is 17.5 Å². The zero-order valence-corrected chi connectivity index (χ0v) is 8.97. The molecular weight excluding hydrogens is 206 g/mol. The van der Waals surface area contributed by atoms with E-state index >= 15 is 0 Å². The molecule has 0 aromatic heterocycles. The summed E-state index contributed by atoms with van der Waals surface area (Å²) in [5.41, 5.74) is 7.45. The first kappa shape index (κ1) is 10.6. The standard InChI is InChI=1S/C11H15N3O2/c12-9-1-3-10(4-2-9)13-5-7-14(8-6-13)11(15)16/h1-4H,5-8,12H2,(H,15,16). The van der Waals surface area contributed by atoms with Gasteiger partial charge in [0.25, 0.3) is 0 Å². The van der Waals surface area contributed by atoms with Crippen molar-refractivity contribution in [3.05, 3.63) is 24.3 Å². The SMILES string of the molecule is Nc1ccc(N2CCN(C(=O)O)CC2)cc1. The summed E-state index contributed by atoms with van der Waals surface area (Å²) in [6, 6.07) is 7.65. The van der Waals surface area contributed by atoms with Crippen LogP contribution in [0.15, 0.2) is 24.3 Å². The number of rotatable bonds is 1. The van der Waals surface area contributed by atoms with Gasteiger partial charge in [0.2, 0.25) is 0 Å². The van der Waals surface area contributed by atoms with Gasteiger partial charge >= 0.3 is 6.09 Å². The van der Waals surface area contributed by atoms with E-state index in [4.69, 9.17) is 10.8 Å². The Kier molecular flexibility index (Phi) is 2.85. The summed E-state index contributed by atoms with van der Waals surface area (Å²) in [5.74, 6) is 0. The molecule has 5 heteroatoms. The average Bonchev–Trinajstić information content (AvgIpc) is 2.30. The number of hydrogen-bond donors (Lipinski definition) is 2. The number of nitrogens with zero attached hydrogens (tertiary/aromatic N) is 2. The number of hydrogen-bond acceptors (Lipinski definition) is 3. The Morgan fingerprint density at radius 2 is 1.69 bits per heavy atom. The second-order valence-electron chi connectivity index (χ2n) is 3.85. The quantitative estimate of drug-likeness (QED) is 0.696. The highest BCUT2D eigenvalue weighted by atomic mass is 16.4. The fourth-order valence-electron chi connectivity index (χ4n) is 1.84. The van der Waals surface area contributed by atoms with Crippen LogP contribution in [0.1, 0.15) is 0 Å². The zero-order chi connectivity index (χ0) is 11.5. The molecule has 1 fully saturated rings. The number of benzene rings is 1. The van der Waals surface area contributed by atoms with Gasteiger partial charge in [0.15, 0.2) is 0 Å². The van der Waals surface area contributed by atoms with Gasteiger partial charge < -0.3 is 20.6 Å². The van der Waals surface area contributed by atoms with Crippen LogP contribution in [-0.2, 0) is 0 Å². The van der Waals surface area contributed by atoms with Gasteiger partial charge in [0, 0.05) is 37.6 Å². The Morgan fingerprint density at radius 1 is 1.12 bits per heavy atom. The van der Waals surface area contributed by atoms with E-state index < -0.39 is 6.09 Å². The summed E-state index contributed by atoms with van der Waals surface area (Å²) >= 11 is 0. The first-order chi connectivity index (χ1) is 7.66. The van der Waals surface area contributed by atoms with E-state index in [9.17, 15) is 4.79 Å². The van der Waals surface area contributed by atoms with Crippen molar-refractivity contribution in [2.75, 3.05) is 36.8 Å². The smallest absolute Gasteiger partial charge is 0.407 e. The maximum absolute atomic E-state index is 10.7. The normalized spacial score (nSPS) is 16.2. The largest absolute Gasteiger partial charge is 0.465 e. The van der Waals surface area contributed by atoms with Crippen molar-refractivity contribution < 1.29 is 9.90 Å². The van der Waals surface area contributed by atoms with E-state index in [0.29, 0.717) is 13.1 Å². The van der Waals surface area contributed by atoms with Gasteiger partial charge in [-0.2, -0.15) is 0 Å². The van der Waals surface area contributed by atoms with E-state index in [1.807, 2.05) is 24.3 Å². The van der Waals surface area contributed by atoms with Crippen LogP contribution >= 0.6 is 0 Å². The molecule has 1 saturated heterocycles. The second-order valence-corrected chi connectivity index (χ2v) is 3.85. The average molecular weight is 221 g/mol. The molecule has 1 aromatic rings. The van der Waals surface area contributed by atoms with Gasteiger partial charge in [-0.15, -0.1) is 0 Å². The van der Waals surface area contributed by atoms with Crippen LogP contribution in [-0.4, -0.2) is 42.3 Å². The topological polar surface area (TPSA) is 69.8 Å². The van der Waals surface area contributed by atoms with Gasteiger partial charge in [-0.05, 0) is 24.3 Å². The lowest BCUT2D eigenvalue weighted by molar-refractivity contribution is 0.142. The summed E-state index contributed by atoms with van der Waals surface area (Å²) < 4.78 is 0. The fraction of sp³-hybridized carbons (Fsp3) is 0.364. The van der Waals surface area contributed by atoms with E-state index in [-0.39, 0.29) is 0 Å². The van der Waals surface area contributed by atoms with Gasteiger partial charge in [-0.3, -0.25) is 0 Å². The molecule has 1 heterocycles. The molecule has 0 saturated carbocycles. The van der Waals surface area contributed by atoms with Crippen LogP contribution in [0, 0.1) is 0 Å². The molecule has 0 spiro atoms. The lowest BCUT2D eigenvalue weighted by Gasteiger charge is -2.34. The second kappa shape index (κ2) is 4.30. The molecule has 5 nitrogen and oxygen atoms in total. The van der Waals surface area contributed by atoms with Crippen molar-refractivity contribution in [1.29, 1.82) is 0 Å². The van der Waals surface area contributed by atoms with Crippen LogP contribution in [0.3, 0.4) is 0 Å². The number of nitrogen functional groups attached to an aromatic ring is 1. The van der Waals surface area contributed by atoms with Gasteiger partial charge in [-0.1, -0.05) is 0 Å². The summed E-state index contributed by atoms with van der Waals surface area (Å²) in [4.78, 5) is 14.3. The third-order valence-electron chi connectivity index (χ3n) is 2.81. The molecule has 1 amide bonds. The minimum Gasteiger partial charge on any atom is -0.465 e. The Labute approximate surface area is 94.1 Å². The highest BCUT2D eigenvalue weighted by Gasteiger charge is 2.20. The monoisotopic (exact) mass is 221 g/mol. The summed E-state index contributed by atoms with van der Waals surface area (Å²) in [5, 5.41) is 8.82. The van der Waals surface area contributed by atoms with Crippen LogP contribution in [0.4, 0.5) is 16.2 Å². The minimum atomic E-state index is -0.836. The third kappa shape index (κ3) is 2.18. The Hall–Kier alpha value is -1.91. The predicted molar refractivity (Wildman–Crippen MR) is 62.7 cm³/mol. The fourth-order valence-corrected chi connectivity index (χ4v) is 1.84. The third-order valence-corrected chi connectivity index (χ3v) is 2.81. The molecule has 16 heavy (non-hydrogen) atoms. The zero-order valence-electron chi connectivity index (χ0n) is 8.97. The molecule has 1 aliphatic heterocycles. The van der Waals surface area contributed by atoms with Gasteiger partial charge in [0.1, 0.15) is 0 Å². The number of carboxylic acid groups (broad SMARTS) is 1. The maximum atomic E-state index is 10.7. The molecule has 1 aliphatic rings. The van der Waals surface area contributed by atoms with Crippen molar-refractivity contribution in [3.63, 3.8) is 0 Å². The molecule has 2 rings (SSSR count). The first-order valence-corrected chi connectivity index (χ1v) is 5.25. The van der Waals surface area contributed by atoms with Crippen molar-refractivity contribution in [1.82, 2.24) is 4.90 Å². The number of anilines is 2. The van der Waals surface area contributed by atoms with Crippen LogP contribution in [0.25, 0.3) is 0 Å². The van der Waals surface area contributed by atoms with E-state index in [2.05, 4.69) is 4.90 Å². The lowest BCUT2D eigenvalue weighted by atomic mass is 10.2. The summed E-state index contributed by atoms with van der Waals surface area (Å²) in [6.45, 7) is 2.58. The Bertz CT molecular complexity index is 369. The molecule has 3 N–H and O–H groups in total. The molecule has 0 bridgehead atoms. The number of amides is 1. The first-order valence-electron chi connectivity index (χ1n) is 5.25. The van der Waals surface area contributed by atoms with Crippen LogP contribution in [0.5, 0.6) is 0 Å². The molecule has 0 aliphatic carbocycles. The molecule has 86 valence electrons. The Morgan fingerprint density at radius 3 is 2.19 bits per heavy atom. The summed E-state index contributed by atoms with van der Waals surface area (Å²) in [6.07, 6.45) is -0.836. The lowest BCUT2D eigenvalue weighted by Crippen LogP contribution is -2.48. The predicted octanol–water partition coefficient (Wildman–Crippen LogP) is 1.07. The molecular formula is C11H15N3O2. The van der Waals surface area contributed by atoms with Gasteiger partial charge in [0.05, 0.1) is 0 Å². The van der Waals surface area contributed by atoms with Crippen molar-refractivity contribution in [3.8, 4) is 0 Å². The van der Waals surface area contributed by atoms with Crippen LogP contribution < -0.4 is 10.6 Å². The molecule has 0 atom stereocenters. The number of nitrogens with two attached hydrogens (primary N) is 1. The maximum Gasteiger partial charge on any atom is 0.407 e. The van der Waals surface area contributed by atoms with Crippen molar-refractivity contribution in [2.45, 2.75) is 0 Å². The minimum absolute atomic E-state index is 0.555. The number of carbonyl (C=O) groups is 1. The van der Waals surface area contributed by atoms with E-state index in [1.165, 1.54) is 4.90 Å². The number of piperazine rings is 1. The summed E-state index contributed by atoms with van der Waals surface area (Å²) in [7, 11) is 0.